The zero-order chi connectivity index (χ0) is 32.2. The molecule has 0 bridgehead atoms. The molecule has 240 valence electrons. The molecule has 1 aromatic heterocycles. The Balaban J connectivity index is 1.35. The van der Waals surface area contributed by atoms with E-state index in [1.165, 1.54) is 36.4 Å². The van der Waals surface area contributed by atoms with Gasteiger partial charge in [0.25, 0.3) is 30.4 Å². The molecule has 0 atom stereocenters. The lowest BCUT2D eigenvalue weighted by Crippen LogP contribution is -2.17. The van der Waals surface area contributed by atoms with Gasteiger partial charge in [-0.15, -0.1) is 15.0 Å². The maximum Gasteiger partial charge on any atom is 0.325 e. The van der Waals surface area contributed by atoms with Crippen LogP contribution in [0.1, 0.15) is 0 Å². The van der Waals surface area contributed by atoms with E-state index in [0.29, 0.717) is 0 Å². The summed E-state index contributed by atoms with van der Waals surface area (Å²) in [7, 11) is -12.1. The number of ether oxygens (including phenoxy) is 3. The van der Waals surface area contributed by atoms with Crippen LogP contribution in [0.15, 0.2) is 106 Å². The van der Waals surface area contributed by atoms with Gasteiger partial charge in [-0.05, 0) is 36.4 Å². The summed E-state index contributed by atoms with van der Waals surface area (Å²) in [6, 6.07) is 21.4. The second kappa shape index (κ2) is 15.7. The quantitative estimate of drug-likeness (QED) is 0.109. The Morgan fingerprint density at radius 2 is 0.622 bits per heavy atom. The molecule has 3 aromatic carbocycles. The first-order chi connectivity index (χ1) is 21.6. The van der Waals surface area contributed by atoms with Crippen molar-refractivity contribution in [1.82, 2.24) is 15.0 Å². The Hall–Kier alpha value is -4.20. The zero-order valence-electron chi connectivity index (χ0n) is 23.4. The van der Waals surface area contributed by atoms with E-state index >= 15 is 0 Å². The average Bonchev–Trinajstić information content (AvgIpc) is 3.05. The van der Waals surface area contributed by atoms with Crippen LogP contribution < -0.4 is 14.2 Å². The standard InChI is InChI=1S/C27H27N3O12S3/c31-43(32,22-10-4-1-5-11-22)40-19-16-37-25-28-26(38-17-20-41-44(33,34)23-12-6-2-7-13-23)30-27(29-25)39-18-21-42-45(35,36)24-14-8-3-9-15-24/h1-15H,16-21H2. The Morgan fingerprint density at radius 3 is 0.867 bits per heavy atom. The molecule has 0 fully saturated rings. The lowest BCUT2D eigenvalue weighted by Gasteiger charge is -2.11. The van der Waals surface area contributed by atoms with Gasteiger partial charge in [0.2, 0.25) is 0 Å². The molecule has 18 heteroatoms. The van der Waals surface area contributed by atoms with Gasteiger partial charge in [-0.25, -0.2) is 0 Å². The molecule has 0 unspecified atom stereocenters. The molecule has 15 nitrogen and oxygen atoms in total. The van der Waals surface area contributed by atoms with Crippen molar-refractivity contribution in [2.45, 2.75) is 14.7 Å². The molecular weight excluding hydrogens is 655 g/mol. The summed E-state index contributed by atoms with van der Waals surface area (Å²) < 4.78 is 105. The van der Waals surface area contributed by atoms with E-state index in [0.717, 1.165) is 0 Å². The fourth-order valence-electron chi connectivity index (χ4n) is 3.31. The third kappa shape index (κ3) is 10.4. The number of aromatic nitrogens is 3. The van der Waals surface area contributed by atoms with E-state index < -0.39 is 50.2 Å². The minimum Gasteiger partial charge on any atom is -0.461 e. The molecule has 0 aliphatic rings. The second-order valence-electron chi connectivity index (χ2n) is 8.50. The second-order valence-corrected chi connectivity index (χ2v) is 13.3. The van der Waals surface area contributed by atoms with Gasteiger partial charge in [0.05, 0.1) is 14.7 Å². The minimum absolute atomic E-state index is 0.0375. The van der Waals surface area contributed by atoms with Gasteiger partial charge in [-0.2, -0.15) is 25.3 Å². The van der Waals surface area contributed by atoms with Crippen molar-refractivity contribution in [1.29, 1.82) is 0 Å². The largest absolute Gasteiger partial charge is 0.461 e. The van der Waals surface area contributed by atoms with Crippen LogP contribution in [0.3, 0.4) is 0 Å². The zero-order valence-corrected chi connectivity index (χ0v) is 25.8. The summed E-state index contributed by atoms with van der Waals surface area (Å²) in [5.74, 6) is 0. The van der Waals surface area contributed by atoms with Crippen molar-refractivity contribution in [3.8, 4) is 18.0 Å². The Labute approximate surface area is 260 Å². The van der Waals surface area contributed by atoms with E-state index in [2.05, 4.69) is 15.0 Å². The molecule has 0 N–H and O–H groups in total. The maximum absolute atomic E-state index is 12.3. The van der Waals surface area contributed by atoms with Crippen LogP contribution in [-0.4, -0.2) is 79.8 Å². The summed E-state index contributed by atoms with van der Waals surface area (Å²) in [4.78, 5) is 11.7. The number of benzene rings is 3. The molecule has 1 heterocycles. The van der Waals surface area contributed by atoms with Gasteiger partial charge < -0.3 is 14.2 Å². The van der Waals surface area contributed by atoms with E-state index in [-0.39, 0.29) is 52.5 Å². The van der Waals surface area contributed by atoms with Crippen LogP contribution >= 0.6 is 0 Å². The first kappa shape index (κ1) is 33.7. The third-order valence-electron chi connectivity index (χ3n) is 5.33. The number of hydrogen-bond donors (Lipinski definition) is 0. The Morgan fingerprint density at radius 1 is 0.378 bits per heavy atom. The first-order valence-corrected chi connectivity index (χ1v) is 17.3. The lowest BCUT2D eigenvalue weighted by molar-refractivity contribution is 0.177. The van der Waals surface area contributed by atoms with Gasteiger partial charge >= 0.3 is 18.0 Å². The molecule has 0 aliphatic carbocycles. The van der Waals surface area contributed by atoms with Gasteiger partial charge in [-0.1, -0.05) is 54.6 Å². The van der Waals surface area contributed by atoms with Gasteiger partial charge in [0.15, 0.2) is 0 Å². The number of hydrogen-bond acceptors (Lipinski definition) is 15. The highest BCUT2D eigenvalue weighted by Crippen LogP contribution is 2.17. The van der Waals surface area contributed by atoms with Crippen LogP contribution in [0, 0.1) is 0 Å². The predicted molar refractivity (Wildman–Crippen MR) is 155 cm³/mol. The highest BCUT2D eigenvalue weighted by atomic mass is 32.2. The SMILES string of the molecule is O=S(=O)(OCCOc1nc(OCCOS(=O)(=O)c2ccccc2)nc(OCCOS(=O)(=O)c2ccccc2)n1)c1ccccc1. The highest BCUT2D eigenvalue weighted by Gasteiger charge is 2.18. The summed E-state index contributed by atoms with van der Waals surface area (Å²) in [6.07, 6.45) is 0. The fraction of sp³-hybridized carbons (Fsp3) is 0.222. The Bertz CT molecular complexity index is 1620. The van der Waals surface area contributed by atoms with E-state index in [4.69, 9.17) is 26.8 Å². The minimum atomic E-state index is -4.03. The van der Waals surface area contributed by atoms with Crippen molar-refractivity contribution < 1.29 is 52.0 Å². The summed E-state index contributed by atoms with van der Waals surface area (Å²) in [5.41, 5.74) is 0. The maximum atomic E-state index is 12.3. The molecular formula is C27H27N3O12S3. The average molecular weight is 682 g/mol. The van der Waals surface area contributed by atoms with Crippen molar-refractivity contribution in [3.05, 3.63) is 91.0 Å². The molecule has 4 rings (SSSR count). The predicted octanol–water partition coefficient (Wildman–Crippen LogP) is 2.22. The normalized spacial score (nSPS) is 12.0. The highest BCUT2D eigenvalue weighted by molar-refractivity contribution is 7.87. The number of nitrogens with zero attached hydrogens (tertiary/aromatic N) is 3. The van der Waals surface area contributed by atoms with Crippen molar-refractivity contribution in [2.24, 2.45) is 0 Å². The summed E-state index contributed by atoms with van der Waals surface area (Å²) >= 11 is 0. The lowest BCUT2D eigenvalue weighted by atomic mass is 10.4. The monoisotopic (exact) mass is 681 g/mol. The van der Waals surface area contributed by atoms with Gasteiger partial charge in [0.1, 0.15) is 39.6 Å². The van der Waals surface area contributed by atoms with Crippen LogP contribution in [0.5, 0.6) is 18.0 Å². The van der Waals surface area contributed by atoms with E-state index in [9.17, 15) is 25.3 Å². The van der Waals surface area contributed by atoms with Gasteiger partial charge in [-0.3, -0.25) is 12.5 Å². The molecule has 0 aliphatic heterocycles. The smallest absolute Gasteiger partial charge is 0.325 e. The van der Waals surface area contributed by atoms with E-state index in [1.54, 1.807) is 54.6 Å². The van der Waals surface area contributed by atoms with Crippen LogP contribution in [-0.2, 0) is 42.9 Å². The van der Waals surface area contributed by atoms with Crippen molar-refractivity contribution in [3.63, 3.8) is 0 Å². The third-order valence-corrected chi connectivity index (χ3v) is 9.31. The van der Waals surface area contributed by atoms with Crippen LogP contribution in [0.25, 0.3) is 0 Å². The van der Waals surface area contributed by atoms with Crippen LogP contribution in [0.2, 0.25) is 0 Å². The molecule has 4 aromatic rings. The molecule has 0 saturated heterocycles. The fourth-order valence-corrected chi connectivity index (χ4v) is 6.05. The molecule has 45 heavy (non-hydrogen) atoms. The van der Waals surface area contributed by atoms with E-state index in [1.807, 2.05) is 0 Å². The number of rotatable bonds is 18. The topological polar surface area (TPSA) is 196 Å². The molecule has 0 spiro atoms. The van der Waals surface area contributed by atoms with Crippen LogP contribution in [0.4, 0.5) is 0 Å². The molecule has 0 saturated carbocycles. The molecule has 0 amide bonds. The Kier molecular flexibility index (Phi) is 11.7. The van der Waals surface area contributed by atoms with Gasteiger partial charge in [0, 0.05) is 0 Å². The summed E-state index contributed by atoms with van der Waals surface area (Å²) in [5, 5.41) is 0. The van der Waals surface area contributed by atoms with Crippen molar-refractivity contribution >= 4 is 30.4 Å². The first-order valence-electron chi connectivity index (χ1n) is 13.0. The van der Waals surface area contributed by atoms with Crippen molar-refractivity contribution in [2.75, 3.05) is 39.6 Å². The molecule has 0 radical (unpaired) electrons. The summed E-state index contributed by atoms with van der Waals surface area (Å²) in [6.45, 7) is -2.13.